The summed E-state index contributed by atoms with van der Waals surface area (Å²) >= 11 is 1.31. The number of amides is 2. The summed E-state index contributed by atoms with van der Waals surface area (Å²) in [6.07, 6.45) is 0.0470. The first kappa shape index (κ1) is 23.4. The lowest BCUT2D eigenvalue weighted by Gasteiger charge is -2.13. The third-order valence-corrected chi connectivity index (χ3v) is 6.28. The maximum atomic E-state index is 12.9. The number of carbonyl (C=O) groups is 2. The van der Waals surface area contributed by atoms with Crippen LogP contribution in [0, 0.1) is 0 Å². The van der Waals surface area contributed by atoms with Gasteiger partial charge in [-0.25, -0.2) is 4.99 Å². The highest BCUT2D eigenvalue weighted by atomic mass is 32.2. The van der Waals surface area contributed by atoms with E-state index in [0.29, 0.717) is 28.9 Å². The van der Waals surface area contributed by atoms with E-state index in [2.05, 4.69) is 10.3 Å². The molecule has 0 radical (unpaired) electrons. The van der Waals surface area contributed by atoms with Crippen molar-refractivity contribution >= 4 is 40.1 Å². The topological polar surface area (TPSA) is 80.2 Å². The number of benzene rings is 3. The average Bonchev–Trinajstić information content (AvgIpc) is 3.13. The fourth-order valence-electron chi connectivity index (χ4n) is 3.43. The molecule has 174 valence electrons. The summed E-state index contributed by atoms with van der Waals surface area (Å²) < 4.78 is 11.0. The van der Waals surface area contributed by atoms with E-state index >= 15 is 0 Å². The Kier molecular flexibility index (Phi) is 7.49. The van der Waals surface area contributed by atoms with E-state index < -0.39 is 5.25 Å². The first-order chi connectivity index (χ1) is 16.6. The summed E-state index contributed by atoms with van der Waals surface area (Å²) in [4.78, 5) is 31.8. The minimum Gasteiger partial charge on any atom is -0.497 e. The predicted octanol–water partition coefficient (Wildman–Crippen LogP) is 5.47. The van der Waals surface area contributed by atoms with Crippen LogP contribution in [0.1, 0.15) is 13.3 Å². The molecular formula is C26H25N3O4S. The highest BCUT2D eigenvalue weighted by Gasteiger charge is 2.38. The number of ether oxygens (including phenoxy) is 2. The fourth-order valence-corrected chi connectivity index (χ4v) is 4.65. The smallest absolute Gasteiger partial charge is 0.242 e. The lowest BCUT2D eigenvalue weighted by molar-refractivity contribution is -0.128. The van der Waals surface area contributed by atoms with E-state index in [1.807, 2.05) is 73.7 Å². The van der Waals surface area contributed by atoms with Crippen LogP contribution in [0.5, 0.6) is 17.2 Å². The molecule has 2 amide bonds. The summed E-state index contributed by atoms with van der Waals surface area (Å²) in [6, 6.07) is 23.9. The van der Waals surface area contributed by atoms with Gasteiger partial charge >= 0.3 is 0 Å². The number of thioether (sulfide) groups is 1. The molecule has 8 heteroatoms. The molecule has 0 aromatic heterocycles. The lowest BCUT2D eigenvalue weighted by Crippen LogP contribution is -2.33. The monoisotopic (exact) mass is 475 g/mol. The summed E-state index contributed by atoms with van der Waals surface area (Å²) in [6.45, 7) is 2.38. The zero-order valence-electron chi connectivity index (χ0n) is 18.9. The Morgan fingerprint density at radius 1 is 1.00 bits per heavy atom. The fraction of sp³-hybridized carbons (Fsp3) is 0.192. The Hall–Kier alpha value is -3.78. The van der Waals surface area contributed by atoms with Gasteiger partial charge in [0.05, 0.1) is 12.8 Å². The molecule has 0 spiro atoms. The Balaban J connectivity index is 1.40. The van der Waals surface area contributed by atoms with E-state index in [0.717, 1.165) is 11.4 Å². The van der Waals surface area contributed by atoms with Crippen LogP contribution in [-0.2, 0) is 9.59 Å². The first-order valence-corrected chi connectivity index (χ1v) is 11.8. The summed E-state index contributed by atoms with van der Waals surface area (Å²) in [7, 11) is 1.60. The van der Waals surface area contributed by atoms with E-state index in [1.165, 1.54) is 11.8 Å². The number of anilines is 1. The largest absolute Gasteiger partial charge is 0.497 e. The molecule has 1 N–H and O–H groups in total. The van der Waals surface area contributed by atoms with Crippen molar-refractivity contribution in [1.82, 2.24) is 4.90 Å². The van der Waals surface area contributed by atoms with Gasteiger partial charge in [-0.2, -0.15) is 0 Å². The van der Waals surface area contributed by atoms with Crippen LogP contribution in [-0.4, -0.2) is 40.8 Å². The van der Waals surface area contributed by atoms with Crippen molar-refractivity contribution in [3.63, 3.8) is 0 Å². The van der Waals surface area contributed by atoms with Crippen molar-refractivity contribution in [2.45, 2.75) is 18.6 Å². The van der Waals surface area contributed by atoms with Gasteiger partial charge in [-0.3, -0.25) is 14.5 Å². The van der Waals surface area contributed by atoms with Crippen LogP contribution in [0.2, 0.25) is 0 Å². The zero-order valence-corrected chi connectivity index (χ0v) is 19.7. The number of carbonyl (C=O) groups excluding carboxylic acids is 2. The summed E-state index contributed by atoms with van der Waals surface area (Å²) in [5.74, 6) is 1.70. The number of methoxy groups -OCH3 is 1. The van der Waals surface area contributed by atoms with Crippen LogP contribution in [0.3, 0.4) is 0 Å². The Morgan fingerprint density at radius 3 is 2.44 bits per heavy atom. The number of para-hydroxylation sites is 1. The molecule has 7 nitrogen and oxygen atoms in total. The molecule has 1 heterocycles. The number of amidine groups is 1. The van der Waals surface area contributed by atoms with Crippen molar-refractivity contribution in [3.8, 4) is 17.2 Å². The van der Waals surface area contributed by atoms with E-state index in [9.17, 15) is 9.59 Å². The molecule has 3 aromatic rings. The Labute approximate surface area is 202 Å². The van der Waals surface area contributed by atoms with Crippen molar-refractivity contribution in [2.24, 2.45) is 4.99 Å². The highest BCUT2D eigenvalue weighted by molar-refractivity contribution is 8.15. The molecule has 0 saturated carbocycles. The van der Waals surface area contributed by atoms with Gasteiger partial charge in [-0.05, 0) is 55.5 Å². The van der Waals surface area contributed by atoms with E-state index in [1.54, 1.807) is 24.1 Å². The van der Waals surface area contributed by atoms with Gasteiger partial charge in [0, 0.05) is 24.7 Å². The third-order valence-electron chi connectivity index (χ3n) is 5.10. The van der Waals surface area contributed by atoms with Crippen molar-refractivity contribution in [2.75, 3.05) is 19.0 Å². The number of hydrogen-bond acceptors (Lipinski definition) is 6. The molecule has 1 saturated heterocycles. The second kappa shape index (κ2) is 10.9. The number of aliphatic imine (C=N–C) groups is 1. The molecule has 0 bridgehead atoms. The van der Waals surface area contributed by atoms with Gasteiger partial charge in [0.25, 0.3) is 0 Å². The molecule has 4 rings (SSSR count). The van der Waals surface area contributed by atoms with E-state index in [-0.39, 0.29) is 18.2 Å². The number of hydrogen-bond donors (Lipinski definition) is 1. The first-order valence-electron chi connectivity index (χ1n) is 10.9. The second-order valence-electron chi connectivity index (χ2n) is 7.48. The van der Waals surface area contributed by atoms with Crippen molar-refractivity contribution in [1.29, 1.82) is 0 Å². The van der Waals surface area contributed by atoms with Crippen LogP contribution in [0.15, 0.2) is 83.9 Å². The van der Waals surface area contributed by atoms with Gasteiger partial charge < -0.3 is 14.8 Å². The summed E-state index contributed by atoms with van der Waals surface area (Å²) in [5.41, 5.74) is 1.32. The molecule has 1 aliphatic rings. The van der Waals surface area contributed by atoms with Gasteiger partial charge in [0.2, 0.25) is 11.8 Å². The number of nitrogens with one attached hydrogen (secondary N) is 1. The molecule has 1 atom stereocenters. The molecule has 3 aromatic carbocycles. The van der Waals surface area contributed by atoms with Crippen molar-refractivity contribution < 1.29 is 19.1 Å². The molecule has 1 unspecified atom stereocenters. The molecule has 34 heavy (non-hydrogen) atoms. The highest BCUT2D eigenvalue weighted by Crippen LogP contribution is 2.32. The molecular weight excluding hydrogens is 450 g/mol. The summed E-state index contributed by atoms with van der Waals surface area (Å²) in [5, 5.41) is 2.93. The van der Waals surface area contributed by atoms with Crippen LogP contribution >= 0.6 is 11.8 Å². The predicted molar refractivity (Wildman–Crippen MR) is 135 cm³/mol. The standard InChI is InChI=1S/C26H25N3O4S/c1-3-29-25(31)23(34-26(29)28-18-12-14-20(32-2)15-13-18)17-24(30)27-19-8-7-11-22(16-19)33-21-9-5-4-6-10-21/h4-16,23H,3,17H2,1-2H3,(H,27,30). The van der Waals surface area contributed by atoms with Gasteiger partial charge in [0.1, 0.15) is 22.5 Å². The van der Waals surface area contributed by atoms with Crippen LogP contribution < -0.4 is 14.8 Å². The maximum Gasteiger partial charge on any atom is 0.242 e. The van der Waals surface area contributed by atoms with Gasteiger partial charge in [-0.1, -0.05) is 36.0 Å². The lowest BCUT2D eigenvalue weighted by atomic mass is 10.2. The molecule has 1 aliphatic heterocycles. The third kappa shape index (κ3) is 5.77. The molecule has 1 fully saturated rings. The average molecular weight is 476 g/mol. The number of rotatable bonds is 8. The van der Waals surface area contributed by atoms with Crippen molar-refractivity contribution in [3.05, 3.63) is 78.9 Å². The Bertz CT molecular complexity index is 1180. The maximum absolute atomic E-state index is 12.9. The second-order valence-corrected chi connectivity index (χ2v) is 8.65. The van der Waals surface area contributed by atoms with Crippen LogP contribution in [0.25, 0.3) is 0 Å². The zero-order chi connectivity index (χ0) is 23.9. The van der Waals surface area contributed by atoms with E-state index in [4.69, 9.17) is 9.47 Å². The minimum absolute atomic E-state index is 0.0470. The van der Waals surface area contributed by atoms with Gasteiger partial charge in [0.15, 0.2) is 5.17 Å². The Morgan fingerprint density at radius 2 is 1.74 bits per heavy atom. The van der Waals surface area contributed by atoms with Gasteiger partial charge in [-0.15, -0.1) is 0 Å². The molecule has 0 aliphatic carbocycles. The quantitative estimate of drug-likeness (QED) is 0.467. The normalized spacial score (nSPS) is 16.5. The van der Waals surface area contributed by atoms with Crippen LogP contribution in [0.4, 0.5) is 11.4 Å². The minimum atomic E-state index is -0.527. The SMILES string of the molecule is CCN1C(=O)C(CC(=O)Nc2cccc(Oc3ccccc3)c2)SC1=Nc1ccc(OC)cc1. The number of nitrogens with zero attached hydrogens (tertiary/aromatic N) is 2.